The average molecular weight is 359 g/mol. The minimum atomic E-state index is -0.279. The molecular formula is C18H16ClFN4O. The van der Waals surface area contributed by atoms with Gasteiger partial charge < -0.3 is 5.32 Å². The van der Waals surface area contributed by atoms with Crippen LogP contribution in [0.2, 0.25) is 5.02 Å². The third-order valence-electron chi connectivity index (χ3n) is 3.56. The van der Waals surface area contributed by atoms with Crippen LogP contribution in [0.25, 0.3) is 0 Å². The number of hydrogen-bond donors (Lipinski definition) is 2. The lowest BCUT2D eigenvalue weighted by Crippen LogP contribution is -2.25. The Labute approximate surface area is 149 Å². The summed E-state index contributed by atoms with van der Waals surface area (Å²) < 4.78 is 12.9. The van der Waals surface area contributed by atoms with E-state index in [9.17, 15) is 9.18 Å². The first-order chi connectivity index (χ1) is 12.1. The van der Waals surface area contributed by atoms with Crippen molar-refractivity contribution >= 4 is 17.5 Å². The van der Waals surface area contributed by atoms with Gasteiger partial charge in [-0.25, -0.2) is 9.37 Å². The summed E-state index contributed by atoms with van der Waals surface area (Å²) in [5.74, 6) is 0.593. The number of benzene rings is 2. The predicted molar refractivity (Wildman–Crippen MR) is 92.6 cm³/mol. The molecule has 0 aliphatic heterocycles. The van der Waals surface area contributed by atoms with Gasteiger partial charge >= 0.3 is 0 Å². The second-order valence-corrected chi connectivity index (χ2v) is 6.02. The molecule has 7 heteroatoms. The largest absolute Gasteiger partial charge is 0.352 e. The molecule has 0 unspecified atom stereocenters. The molecule has 1 amide bonds. The lowest BCUT2D eigenvalue weighted by molar-refractivity contribution is -0.120. The standard InChI is InChI=1S/C18H16ClFN4O/c19-14-3-1-2-13(8-14)11-21-18(25)10-17-22-16(23-24-17)9-12-4-6-15(20)7-5-12/h1-8H,9-11H2,(H,21,25)(H,22,23,24). The molecule has 2 N–H and O–H groups in total. The van der Waals surface area contributed by atoms with E-state index in [2.05, 4.69) is 20.5 Å². The van der Waals surface area contributed by atoms with E-state index >= 15 is 0 Å². The van der Waals surface area contributed by atoms with E-state index < -0.39 is 0 Å². The van der Waals surface area contributed by atoms with E-state index in [0.29, 0.717) is 29.6 Å². The highest BCUT2D eigenvalue weighted by Crippen LogP contribution is 2.10. The second kappa shape index (κ2) is 7.90. The Morgan fingerprint density at radius 3 is 2.72 bits per heavy atom. The topological polar surface area (TPSA) is 70.7 Å². The van der Waals surface area contributed by atoms with Crippen molar-refractivity contribution in [2.45, 2.75) is 19.4 Å². The van der Waals surface area contributed by atoms with Crippen molar-refractivity contribution in [3.63, 3.8) is 0 Å². The van der Waals surface area contributed by atoms with Gasteiger partial charge in [-0.2, -0.15) is 5.10 Å². The molecule has 0 bridgehead atoms. The second-order valence-electron chi connectivity index (χ2n) is 5.59. The van der Waals surface area contributed by atoms with E-state index in [0.717, 1.165) is 11.1 Å². The average Bonchev–Trinajstić information content (AvgIpc) is 3.02. The molecule has 0 atom stereocenters. The van der Waals surface area contributed by atoms with Crippen LogP contribution in [0.15, 0.2) is 48.5 Å². The van der Waals surface area contributed by atoms with Gasteiger partial charge in [0.1, 0.15) is 11.6 Å². The van der Waals surface area contributed by atoms with Crippen LogP contribution < -0.4 is 5.32 Å². The van der Waals surface area contributed by atoms with Gasteiger partial charge in [-0.15, -0.1) is 0 Å². The van der Waals surface area contributed by atoms with Crippen molar-refractivity contribution in [2.75, 3.05) is 0 Å². The van der Waals surface area contributed by atoms with Crippen LogP contribution >= 0.6 is 11.6 Å². The summed E-state index contributed by atoms with van der Waals surface area (Å²) >= 11 is 5.91. The predicted octanol–water partition coefficient (Wildman–Crippen LogP) is 3.05. The van der Waals surface area contributed by atoms with E-state index in [1.807, 2.05) is 12.1 Å². The van der Waals surface area contributed by atoms with Crippen LogP contribution in [-0.2, 0) is 24.2 Å². The smallest absolute Gasteiger partial charge is 0.228 e. The summed E-state index contributed by atoms with van der Waals surface area (Å²) in [5, 5.41) is 10.3. The van der Waals surface area contributed by atoms with Crippen LogP contribution in [0.5, 0.6) is 0 Å². The molecule has 1 heterocycles. The van der Waals surface area contributed by atoms with Gasteiger partial charge in [-0.05, 0) is 35.4 Å². The van der Waals surface area contributed by atoms with Crippen molar-refractivity contribution in [2.24, 2.45) is 0 Å². The number of amides is 1. The fraction of sp³-hybridized carbons (Fsp3) is 0.167. The summed E-state index contributed by atoms with van der Waals surface area (Å²) in [4.78, 5) is 16.3. The molecule has 5 nitrogen and oxygen atoms in total. The molecule has 0 saturated heterocycles. The maximum absolute atomic E-state index is 12.9. The Hall–Kier alpha value is -2.73. The van der Waals surface area contributed by atoms with E-state index in [4.69, 9.17) is 11.6 Å². The summed E-state index contributed by atoms with van der Waals surface area (Å²) in [6.45, 7) is 0.395. The highest BCUT2D eigenvalue weighted by atomic mass is 35.5. The molecular weight excluding hydrogens is 343 g/mol. The lowest BCUT2D eigenvalue weighted by atomic mass is 10.1. The molecule has 0 aliphatic rings. The Kier molecular flexibility index (Phi) is 5.40. The quantitative estimate of drug-likeness (QED) is 0.711. The molecule has 0 fully saturated rings. The number of hydrogen-bond acceptors (Lipinski definition) is 3. The first-order valence-corrected chi connectivity index (χ1v) is 8.12. The number of halogens is 2. The van der Waals surface area contributed by atoms with Crippen LogP contribution in [0, 0.1) is 5.82 Å². The van der Waals surface area contributed by atoms with Crippen LogP contribution in [-0.4, -0.2) is 21.1 Å². The zero-order valence-electron chi connectivity index (χ0n) is 13.3. The first kappa shape index (κ1) is 17.1. The van der Waals surface area contributed by atoms with Gasteiger partial charge in [0.2, 0.25) is 5.91 Å². The molecule has 128 valence electrons. The maximum Gasteiger partial charge on any atom is 0.228 e. The molecule has 25 heavy (non-hydrogen) atoms. The molecule has 2 aromatic carbocycles. The third-order valence-corrected chi connectivity index (χ3v) is 3.80. The Balaban J connectivity index is 1.52. The van der Waals surface area contributed by atoms with Gasteiger partial charge in [0.25, 0.3) is 0 Å². The van der Waals surface area contributed by atoms with E-state index in [1.165, 1.54) is 12.1 Å². The number of carbonyl (C=O) groups excluding carboxylic acids is 1. The molecule has 0 aliphatic carbocycles. The fourth-order valence-electron chi connectivity index (χ4n) is 2.34. The molecule has 0 radical (unpaired) electrons. The zero-order chi connectivity index (χ0) is 17.6. The van der Waals surface area contributed by atoms with Gasteiger partial charge in [-0.1, -0.05) is 35.9 Å². The Bertz CT molecular complexity index is 864. The van der Waals surface area contributed by atoms with Crippen LogP contribution in [0.3, 0.4) is 0 Å². The lowest BCUT2D eigenvalue weighted by Gasteiger charge is -2.04. The highest BCUT2D eigenvalue weighted by Gasteiger charge is 2.09. The summed E-state index contributed by atoms with van der Waals surface area (Å²) in [6, 6.07) is 13.5. The SMILES string of the molecule is O=C(Cc1n[nH]c(Cc2ccc(F)cc2)n1)NCc1cccc(Cl)c1. The number of H-pyrrole nitrogens is 1. The fourth-order valence-corrected chi connectivity index (χ4v) is 2.56. The summed E-state index contributed by atoms with van der Waals surface area (Å²) in [7, 11) is 0. The molecule has 0 saturated carbocycles. The molecule has 3 rings (SSSR count). The van der Waals surface area contributed by atoms with Crippen LogP contribution in [0.4, 0.5) is 4.39 Å². The maximum atomic E-state index is 12.9. The number of rotatable bonds is 6. The third kappa shape index (κ3) is 5.12. The molecule has 1 aromatic heterocycles. The van der Waals surface area contributed by atoms with Gasteiger partial charge in [-0.3, -0.25) is 9.89 Å². The highest BCUT2D eigenvalue weighted by molar-refractivity contribution is 6.30. The monoisotopic (exact) mass is 358 g/mol. The number of nitrogens with one attached hydrogen (secondary N) is 2. The van der Waals surface area contributed by atoms with Crippen molar-refractivity contribution in [3.8, 4) is 0 Å². The minimum absolute atomic E-state index is 0.0838. The number of aromatic amines is 1. The zero-order valence-corrected chi connectivity index (χ0v) is 14.1. The van der Waals surface area contributed by atoms with Gasteiger partial charge in [0, 0.05) is 18.0 Å². The number of carbonyl (C=O) groups is 1. The first-order valence-electron chi connectivity index (χ1n) is 7.74. The van der Waals surface area contributed by atoms with Gasteiger partial charge in [0.05, 0.1) is 6.42 Å². The van der Waals surface area contributed by atoms with Crippen molar-refractivity contribution in [1.82, 2.24) is 20.5 Å². The van der Waals surface area contributed by atoms with E-state index in [1.54, 1.807) is 24.3 Å². The Morgan fingerprint density at radius 2 is 1.96 bits per heavy atom. The molecule has 3 aromatic rings. The normalized spacial score (nSPS) is 10.6. The van der Waals surface area contributed by atoms with Crippen molar-refractivity contribution < 1.29 is 9.18 Å². The van der Waals surface area contributed by atoms with Crippen LogP contribution in [0.1, 0.15) is 22.8 Å². The molecule has 0 spiro atoms. The number of nitrogens with zero attached hydrogens (tertiary/aromatic N) is 2. The summed E-state index contributed by atoms with van der Waals surface area (Å²) in [5.41, 5.74) is 1.84. The van der Waals surface area contributed by atoms with Gasteiger partial charge in [0.15, 0.2) is 5.82 Å². The number of aromatic nitrogens is 3. The minimum Gasteiger partial charge on any atom is -0.352 e. The summed E-state index contributed by atoms with van der Waals surface area (Å²) in [6.07, 6.45) is 0.581. The van der Waals surface area contributed by atoms with E-state index in [-0.39, 0.29) is 18.1 Å². The Morgan fingerprint density at radius 1 is 1.16 bits per heavy atom. The van der Waals surface area contributed by atoms with Crippen molar-refractivity contribution in [1.29, 1.82) is 0 Å². The van der Waals surface area contributed by atoms with Crippen molar-refractivity contribution in [3.05, 3.63) is 82.1 Å².